The Morgan fingerprint density at radius 1 is 0.462 bits per heavy atom. The third kappa shape index (κ3) is 22.6. The van der Waals surface area contributed by atoms with Crippen molar-refractivity contribution in [3.63, 3.8) is 0 Å². The lowest BCUT2D eigenvalue weighted by Gasteiger charge is -2.13. The first-order chi connectivity index (χ1) is 19.3. The summed E-state index contributed by atoms with van der Waals surface area (Å²) >= 11 is 0. The number of hydrogen-bond donors (Lipinski definition) is 1. The molecule has 0 aromatic carbocycles. The molecule has 1 atom stereocenters. The number of rotatable bonds is 31. The highest BCUT2D eigenvalue weighted by molar-refractivity contribution is 4.89. The molecule has 0 unspecified atom stereocenters. The topological polar surface area (TPSA) is 19.7 Å². The van der Waals surface area contributed by atoms with Gasteiger partial charge in [-0.2, -0.15) is 0 Å². The standard InChI is InChI=1S/C37H72N2/c1-4-6-8-10-12-14-16-18-19-21-23-25-27-29-31-33-36(37-38-34-35-39(37)3)32-30-28-26-24-22-20-17-15-13-11-9-7-5-2/h34-36H,4-33H2,1-3H3/p+1/t36-/m0/s1. The van der Waals surface area contributed by atoms with Crippen molar-refractivity contribution in [2.75, 3.05) is 0 Å². The zero-order valence-electron chi connectivity index (χ0n) is 27.4. The maximum absolute atomic E-state index is 3.57. The molecule has 0 fully saturated rings. The van der Waals surface area contributed by atoms with Crippen molar-refractivity contribution in [1.82, 2.24) is 4.98 Å². The van der Waals surface area contributed by atoms with Gasteiger partial charge in [0.05, 0.1) is 13.0 Å². The summed E-state index contributed by atoms with van der Waals surface area (Å²) in [5.74, 6) is 2.18. The smallest absolute Gasteiger partial charge is 0.247 e. The van der Waals surface area contributed by atoms with Crippen molar-refractivity contribution in [1.29, 1.82) is 0 Å². The van der Waals surface area contributed by atoms with Crippen molar-refractivity contribution >= 4 is 0 Å². The minimum atomic E-state index is 0.722. The monoisotopic (exact) mass is 546 g/mol. The minimum absolute atomic E-state index is 0.722. The van der Waals surface area contributed by atoms with Gasteiger partial charge >= 0.3 is 0 Å². The normalized spacial score (nSPS) is 12.4. The van der Waals surface area contributed by atoms with Crippen molar-refractivity contribution in [2.24, 2.45) is 7.05 Å². The first-order valence-electron chi connectivity index (χ1n) is 18.3. The summed E-state index contributed by atoms with van der Waals surface area (Å²) in [6.45, 7) is 4.61. The molecule has 0 spiro atoms. The molecule has 2 heteroatoms. The molecular weight excluding hydrogens is 472 g/mol. The fraction of sp³-hybridized carbons (Fsp3) is 0.919. The SMILES string of the molecule is CCCCCCCCCCCCCCCCC[C@H](CCCCCCCCCCCCCCC)c1[nH]cc[n+]1C. The third-order valence-corrected chi connectivity index (χ3v) is 9.11. The van der Waals surface area contributed by atoms with Gasteiger partial charge in [0.2, 0.25) is 0 Å². The van der Waals surface area contributed by atoms with Crippen LogP contribution in [0.2, 0.25) is 0 Å². The van der Waals surface area contributed by atoms with Gasteiger partial charge in [-0.3, -0.25) is 0 Å². The molecule has 0 saturated heterocycles. The van der Waals surface area contributed by atoms with E-state index in [0.717, 1.165) is 5.92 Å². The van der Waals surface area contributed by atoms with Gasteiger partial charge in [0.25, 0.3) is 5.82 Å². The first kappa shape index (κ1) is 36.2. The van der Waals surface area contributed by atoms with Gasteiger partial charge in [-0.05, 0) is 12.8 Å². The zero-order chi connectivity index (χ0) is 28.1. The Morgan fingerprint density at radius 2 is 0.744 bits per heavy atom. The van der Waals surface area contributed by atoms with Gasteiger partial charge in [-0.25, -0.2) is 9.55 Å². The molecule has 1 aromatic heterocycles. The maximum Gasteiger partial charge on any atom is 0.257 e. The van der Waals surface area contributed by atoms with Crippen LogP contribution in [-0.4, -0.2) is 4.98 Å². The second-order valence-electron chi connectivity index (χ2n) is 12.9. The van der Waals surface area contributed by atoms with Gasteiger partial charge in [-0.1, -0.05) is 194 Å². The molecule has 1 heterocycles. The maximum atomic E-state index is 3.57. The van der Waals surface area contributed by atoms with Gasteiger partial charge in [-0.15, -0.1) is 0 Å². The summed E-state index contributed by atoms with van der Waals surface area (Å²) in [7, 11) is 2.22. The average molecular weight is 546 g/mol. The predicted molar refractivity (Wildman–Crippen MR) is 175 cm³/mol. The summed E-state index contributed by atoms with van der Waals surface area (Å²) in [6.07, 6.45) is 47.6. The summed E-state index contributed by atoms with van der Waals surface area (Å²) in [5, 5.41) is 0. The second-order valence-corrected chi connectivity index (χ2v) is 12.9. The molecule has 0 amide bonds. The highest BCUT2D eigenvalue weighted by Crippen LogP contribution is 2.26. The van der Waals surface area contributed by atoms with Crippen molar-refractivity contribution in [3.05, 3.63) is 18.2 Å². The molecule has 230 valence electrons. The number of hydrogen-bond acceptors (Lipinski definition) is 0. The minimum Gasteiger partial charge on any atom is -0.247 e. The van der Waals surface area contributed by atoms with Crippen LogP contribution in [-0.2, 0) is 7.05 Å². The lowest BCUT2D eigenvalue weighted by Crippen LogP contribution is -2.32. The highest BCUT2D eigenvalue weighted by atomic mass is 15.0. The Bertz CT molecular complexity index is 592. The second kappa shape index (κ2) is 28.7. The number of unbranched alkanes of at least 4 members (excludes halogenated alkanes) is 26. The molecule has 0 aliphatic carbocycles. The van der Waals surface area contributed by atoms with Crippen LogP contribution in [0.4, 0.5) is 0 Å². The van der Waals surface area contributed by atoms with Crippen molar-refractivity contribution in [3.8, 4) is 0 Å². The first-order valence-corrected chi connectivity index (χ1v) is 18.3. The Hall–Kier alpha value is -0.790. The molecule has 0 saturated carbocycles. The van der Waals surface area contributed by atoms with Crippen LogP contribution in [0, 0.1) is 0 Å². The molecule has 0 radical (unpaired) electrons. The van der Waals surface area contributed by atoms with Crippen LogP contribution in [0.3, 0.4) is 0 Å². The van der Waals surface area contributed by atoms with E-state index >= 15 is 0 Å². The lowest BCUT2D eigenvalue weighted by atomic mass is 9.93. The summed E-state index contributed by atoms with van der Waals surface area (Å²) in [5.41, 5.74) is 0. The molecule has 2 nitrogen and oxygen atoms in total. The van der Waals surface area contributed by atoms with E-state index in [4.69, 9.17) is 0 Å². The third-order valence-electron chi connectivity index (χ3n) is 9.11. The van der Waals surface area contributed by atoms with Crippen LogP contribution < -0.4 is 4.57 Å². The van der Waals surface area contributed by atoms with Crippen LogP contribution in [0.25, 0.3) is 0 Å². The van der Waals surface area contributed by atoms with Crippen LogP contribution in [0.15, 0.2) is 12.4 Å². The molecule has 0 aliphatic heterocycles. The molecular formula is C37H73N2+. The van der Waals surface area contributed by atoms with Gasteiger partial charge in [0.15, 0.2) is 0 Å². The van der Waals surface area contributed by atoms with E-state index in [1.807, 2.05) is 0 Å². The number of nitrogens with zero attached hydrogens (tertiary/aromatic N) is 1. The molecule has 1 aromatic rings. The van der Waals surface area contributed by atoms with Gasteiger partial charge < -0.3 is 0 Å². The number of aryl methyl sites for hydroxylation is 1. The van der Waals surface area contributed by atoms with E-state index in [2.05, 4.69) is 42.8 Å². The summed E-state index contributed by atoms with van der Waals surface area (Å²) in [6, 6.07) is 0. The Kier molecular flexibility index (Phi) is 26.7. The molecule has 1 rings (SSSR count). The quantitative estimate of drug-likeness (QED) is 0.0707. The number of imidazole rings is 1. The molecule has 0 aliphatic rings. The van der Waals surface area contributed by atoms with E-state index in [9.17, 15) is 0 Å². The van der Waals surface area contributed by atoms with E-state index in [-0.39, 0.29) is 0 Å². The van der Waals surface area contributed by atoms with E-state index in [1.54, 1.807) is 0 Å². The summed E-state index contributed by atoms with van der Waals surface area (Å²) in [4.78, 5) is 3.57. The Morgan fingerprint density at radius 3 is 1.00 bits per heavy atom. The van der Waals surface area contributed by atoms with E-state index in [1.165, 1.54) is 198 Å². The number of aromatic nitrogens is 2. The van der Waals surface area contributed by atoms with Crippen LogP contribution in [0.1, 0.15) is 218 Å². The largest absolute Gasteiger partial charge is 0.257 e. The van der Waals surface area contributed by atoms with Crippen LogP contribution >= 0.6 is 0 Å². The predicted octanol–water partition coefficient (Wildman–Crippen LogP) is 12.7. The van der Waals surface area contributed by atoms with Crippen molar-refractivity contribution in [2.45, 2.75) is 212 Å². The highest BCUT2D eigenvalue weighted by Gasteiger charge is 2.20. The van der Waals surface area contributed by atoms with Crippen LogP contribution in [0.5, 0.6) is 0 Å². The zero-order valence-corrected chi connectivity index (χ0v) is 27.4. The fourth-order valence-corrected chi connectivity index (χ4v) is 6.41. The van der Waals surface area contributed by atoms with Crippen molar-refractivity contribution < 1.29 is 4.57 Å². The number of nitrogens with one attached hydrogen (secondary N) is 1. The fourth-order valence-electron chi connectivity index (χ4n) is 6.41. The number of H-pyrrole nitrogens is 1. The van der Waals surface area contributed by atoms with Gasteiger partial charge in [0.1, 0.15) is 12.4 Å². The number of aromatic amines is 1. The Labute approximate surface area is 246 Å². The lowest BCUT2D eigenvalue weighted by molar-refractivity contribution is -0.679. The van der Waals surface area contributed by atoms with E-state index in [0.29, 0.717) is 0 Å². The molecule has 0 bridgehead atoms. The molecule has 1 N–H and O–H groups in total. The average Bonchev–Trinajstić information content (AvgIpc) is 3.37. The molecule has 39 heavy (non-hydrogen) atoms. The van der Waals surface area contributed by atoms with Gasteiger partial charge in [0, 0.05) is 0 Å². The summed E-state index contributed by atoms with van der Waals surface area (Å²) < 4.78 is 2.33. The van der Waals surface area contributed by atoms with E-state index < -0.39 is 0 Å². The Balaban J connectivity index is 2.00.